The molecule has 2 aromatic rings. The van der Waals surface area contributed by atoms with E-state index < -0.39 is 5.97 Å². The molecule has 0 saturated heterocycles. The summed E-state index contributed by atoms with van der Waals surface area (Å²) in [6.07, 6.45) is 0. The summed E-state index contributed by atoms with van der Waals surface area (Å²) in [4.78, 5) is 13.1. The van der Waals surface area contributed by atoms with Crippen LogP contribution < -0.4 is 0 Å². The van der Waals surface area contributed by atoms with Gasteiger partial charge in [0, 0.05) is 20.0 Å². The zero-order valence-corrected chi connectivity index (χ0v) is 10.5. The molecule has 1 aromatic carbocycles. The highest BCUT2D eigenvalue weighted by atomic mass is 16.4. The predicted octanol–water partition coefficient (Wildman–Crippen LogP) is 1.59. The molecule has 19 heavy (non-hydrogen) atoms. The summed E-state index contributed by atoms with van der Waals surface area (Å²) < 4.78 is 5.35. The van der Waals surface area contributed by atoms with E-state index in [1.165, 1.54) is 0 Å². The Morgan fingerprint density at radius 1 is 1.37 bits per heavy atom. The van der Waals surface area contributed by atoms with Crippen LogP contribution >= 0.6 is 0 Å². The summed E-state index contributed by atoms with van der Waals surface area (Å²) in [5.41, 5.74) is 2.53. The number of rotatable bonds is 3. The standard InChI is InChI=1S/C13H13N3O3/c1-8-14-15-12(19-8)7-16-5-10-3-2-9(13(17)18)4-11(10)6-16/h2-4H,5-7H2,1H3,(H,17,18). The van der Waals surface area contributed by atoms with Crippen molar-refractivity contribution >= 4 is 5.97 Å². The number of carbonyl (C=O) groups is 1. The van der Waals surface area contributed by atoms with Crippen molar-refractivity contribution in [3.8, 4) is 0 Å². The lowest BCUT2D eigenvalue weighted by atomic mass is 10.1. The van der Waals surface area contributed by atoms with Crippen LogP contribution in [0, 0.1) is 6.92 Å². The van der Waals surface area contributed by atoms with Crippen LogP contribution in [0.2, 0.25) is 0 Å². The van der Waals surface area contributed by atoms with Gasteiger partial charge in [-0.3, -0.25) is 4.90 Å². The van der Waals surface area contributed by atoms with E-state index >= 15 is 0 Å². The molecule has 0 fully saturated rings. The highest BCUT2D eigenvalue weighted by Gasteiger charge is 2.21. The van der Waals surface area contributed by atoms with Crippen LogP contribution in [0.4, 0.5) is 0 Å². The first-order valence-electron chi connectivity index (χ1n) is 5.98. The van der Waals surface area contributed by atoms with Gasteiger partial charge in [0.25, 0.3) is 0 Å². The molecule has 0 bridgehead atoms. The number of carboxylic acid groups (broad SMARTS) is 1. The van der Waals surface area contributed by atoms with Gasteiger partial charge in [-0.25, -0.2) is 4.79 Å². The Bertz CT molecular complexity index is 636. The number of benzene rings is 1. The van der Waals surface area contributed by atoms with E-state index in [0.717, 1.165) is 17.7 Å². The number of aromatic carboxylic acids is 1. The van der Waals surface area contributed by atoms with Gasteiger partial charge in [-0.2, -0.15) is 0 Å². The quantitative estimate of drug-likeness (QED) is 0.901. The Balaban J connectivity index is 1.75. The lowest BCUT2D eigenvalue weighted by Gasteiger charge is -2.10. The van der Waals surface area contributed by atoms with Gasteiger partial charge in [-0.1, -0.05) is 6.07 Å². The second-order valence-electron chi connectivity index (χ2n) is 4.65. The molecule has 1 N–H and O–H groups in total. The number of nitrogens with zero attached hydrogens (tertiary/aromatic N) is 3. The lowest BCUT2D eigenvalue weighted by molar-refractivity contribution is 0.0696. The first-order valence-corrected chi connectivity index (χ1v) is 5.98. The van der Waals surface area contributed by atoms with Crippen molar-refractivity contribution in [2.45, 2.75) is 26.6 Å². The maximum Gasteiger partial charge on any atom is 0.335 e. The summed E-state index contributed by atoms with van der Waals surface area (Å²) >= 11 is 0. The van der Waals surface area contributed by atoms with Gasteiger partial charge in [0.1, 0.15) is 0 Å². The SMILES string of the molecule is Cc1nnc(CN2Cc3ccc(C(=O)O)cc3C2)o1. The first kappa shape index (κ1) is 11.9. The molecule has 6 nitrogen and oxygen atoms in total. The Morgan fingerprint density at radius 2 is 2.16 bits per heavy atom. The smallest absolute Gasteiger partial charge is 0.335 e. The minimum Gasteiger partial charge on any atom is -0.478 e. The molecule has 98 valence electrons. The van der Waals surface area contributed by atoms with Crippen molar-refractivity contribution in [1.29, 1.82) is 0 Å². The molecule has 2 heterocycles. The topological polar surface area (TPSA) is 79.5 Å². The third-order valence-electron chi connectivity index (χ3n) is 3.17. The molecule has 3 rings (SSSR count). The van der Waals surface area contributed by atoms with Crippen LogP contribution in [-0.4, -0.2) is 26.2 Å². The summed E-state index contributed by atoms with van der Waals surface area (Å²) in [5, 5.41) is 16.7. The van der Waals surface area contributed by atoms with Gasteiger partial charge in [0.2, 0.25) is 11.8 Å². The molecule has 1 aromatic heterocycles. The Labute approximate surface area is 109 Å². The molecule has 0 unspecified atom stereocenters. The molecule has 0 saturated carbocycles. The zero-order valence-electron chi connectivity index (χ0n) is 10.5. The second-order valence-corrected chi connectivity index (χ2v) is 4.65. The maximum atomic E-state index is 10.9. The minimum absolute atomic E-state index is 0.328. The number of fused-ring (bicyclic) bond motifs is 1. The van der Waals surface area contributed by atoms with Crippen LogP contribution in [-0.2, 0) is 19.6 Å². The van der Waals surface area contributed by atoms with Crippen molar-refractivity contribution < 1.29 is 14.3 Å². The van der Waals surface area contributed by atoms with Crippen LogP contribution in [0.5, 0.6) is 0 Å². The summed E-state index contributed by atoms with van der Waals surface area (Å²) in [7, 11) is 0. The van der Waals surface area contributed by atoms with Crippen molar-refractivity contribution in [1.82, 2.24) is 15.1 Å². The van der Waals surface area contributed by atoms with Gasteiger partial charge in [-0.15, -0.1) is 10.2 Å². The maximum absolute atomic E-state index is 10.9. The number of hydrogen-bond donors (Lipinski definition) is 1. The molecule has 1 aliphatic rings. The summed E-state index contributed by atoms with van der Waals surface area (Å²) in [6.45, 7) is 3.82. The zero-order chi connectivity index (χ0) is 13.4. The van der Waals surface area contributed by atoms with Gasteiger partial charge in [0.05, 0.1) is 12.1 Å². The fourth-order valence-corrected chi connectivity index (χ4v) is 2.30. The highest BCUT2D eigenvalue weighted by Crippen LogP contribution is 2.25. The van der Waals surface area contributed by atoms with E-state index in [1.54, 1.807) is 19.1 Å². The van der Waals surface area contributed by atoms with Gasteiger partial charge < -0.3 is 9.52 Å². The van der Waals surface area contributed by atoms with E-state index in [9.17, 15) is 4.79 Å². The van der Waals surface area contributed by atoms with Gasteiger partial charge >= 0.3 is 5.97 Å². The minimum atomic E-state index is -0.895. The third kappa shape index (κ3) is 2.34. The predicted molar refractivity (Wildman–Crippen MR) is 65.4 cm³/mol. The Morgan fingerprint density at radius 3 is 2.84 bits per heavy atom. The van der Waals surface area contributed by atoms with Crippen molar-refractivity contribution in [3.63, 3.8) is 0 Å². The molecule has 0 aliphatic carbocycles. The Kier molecular flexibility index (Phi) is 2.79. The molecular formula is C13H13N3O3. The summed E-state index contributed by atoms with van der Waals surface area (Å²) in [6, 6.07) is 5.25. The molecule has 6 heteroatoms. The average molecular weight is 259 g/mol. The van der Waals surface area contributed by atoms with Crippen LogP contribution in [0.1, 0.15) is 33.3 Å². The van der Waals surface area contributed by atoms with E-state index in [0.29, 0.717) is 30.4 Å². The van der Waals surface area contributed by atoms with Crippen molar-refractivity contribution in [2.75, 3.05) is 0 Å². The second kappa shape index (κ2) is 4.47. The van der Waals surface area contributed by atoms with E-state index in [-0.39, 0.29) is 0 Å². The average Bonchev–Trinajstić information content (AvgIpc) is 2.94. The van der Waals surface area contributed by atoms with Gasteiger partial charge in [-0.05, 0) is 23.3 Å². The van der Waals surface area contributed by atoms with E-state index in [4.69, 9.17) is 9.52 Å². The number of carboxylic acids is 1. The van der Waals surface area contributed by atoms with Crippen LogP contribution in [0.3, 0.4) is 0 Å². The van der Waals surface area contributed by atoms with E-state index in [1.807, 2.05) is 6.07 Å². The highest BCUT2D eigenvalue weighted by molar-refractivity contribution is 5.87. The largest absolute Gasteiger partial charge is 0.478 e. The normalized spacial score (nSPS) is 14.6. The first-order chi connectivity index (χ1) is 9.11. The van der Waals surface area contributed by atoms with Crippen LogP contribution in [0.15, 0.2) is 22.6 Å². The monoisotopic (exact) mass is 259 g/mol. The third-order valence-corrected chi connectivity index (χ3v) is 3.17. The molecular weight excluding hydrogens is 246 g/mol. The molecule has 1 aliphatic heterocycles. The molecule has 0 atom stereocenters. The lowest BCUT2D eigenvalue weighted by Crippen LogP contribution is -2.15. The van der Waals surface area contributed by atoms with Gasteiger partial charge in [0.15, 0.2) is 0 Å². The number of aryl methyl sites for hydroxylation is 1. The fraction of sp³-hybridized carbons (Fsp3) is 0.308. The molecule has 0 radical (unpaired) electrons. The van der Waals surface area contributed by atoms with E-state index in [2.05, 4.69) is 15.1 Å². The summed E-state index contributed by atoms with van der Waals surface area (Å²) in [5.74, 6) is 0.248. The Hall–Kier alpha value is -2.21. The molecule has 0 amide bonds. The fourth-order valence-electron chi connectivity index (χ4n) is 2.30. The van der Waals surface area contributed by atoms with Crippen molar-refractivity contribution in [2.24, 2.45) is 0 Å². The van der Waals surface area contributed by atoms with Crippen LogP contribution in [0.25, 0.3) is 0 Å². The number of hydrogen-bond acceptors (Lipinski definition) is 5. The van der Waals surface area contributed by atoms with Crippen molar-refractivity contribution in [3.05, 3.63) is 46.7 Å². The number of aromatic nitrogens is 2. The molecule has 0 spiro atoms.